The first-order valence-corrected chi connectivity index (χ1v) is 8.29. The fraction of sp³-hybridized carbons (Fsp3) is 0.0909. The Kier molecular flexibility index (Phi) is 5.64. The van der Waals surface area contributed by atoms with Gasteiger partial charge in [-0.15, -0.1) is 0 Å². The largest absolute Gasteiger partial charge is 0.478 e. The van der Waals surface area contributed by atoms with Gasteiger partial charge in [-0.05, 0) is 35.4 Å². The molecule has 136 valence electrons. The summed E-state index contributed by atoms with van der Waals surface area (Å²) >= 11 is 0. The molecular weight excluding hydrogens is 344 g/mol. The normalized spacial score (nSPS) is 10.4. The molecule has 5 nitrogen and oxygen atoms in total. The molecule has 3 aromatic rings. The number of carboxylic acid groups (broad SMARTS) is 1. The summed E-state index contributed by atoms with van der Waals surface area (Å²) in [5.41, 5.74) is 2.75. The summed E-state index contributed by atoms with van der Waals surface area (Å²) in [6.45, 7) is 0.0168. The molecular formula is C22H18O5. The Hall–Kier alpha value is -3.44. The van der Waals surface area contributed by atoms with E-state index in [4.69, 9.17) is 14.6 Å². The van der Waals surface area contributed by atoms with E-state index in [-0.39, 0.29) is 18.1 Å². The number of carbonyl (C=O) groups is 2. The average Bonchev–Trinajstić information content (AvgIpc) is 2.72. The van der Waals surface area contributed by atoms with Crippen LogP contribution in [0.4, 0.5) is 0 Å². The van der Waals surface area contributed by atoms with E-state index in [0.717, 1.165) is 11.1 Å². The number of ether oxygens (including phenoxy) is 2. The van der Waals surface area contributed by atoms with Crippen LogP contribution in [0, 0.1) is 0 Å². The monoisotopic (exact) mass is 362 g/mol. The quantitative estimate of drug-likeness (QED) is 0.502. The lowest BCUT2D eigenvalue weighted by Gasteiger charge is -2.12. The molecule has 0 aromatic heterocycles. The van der Waals surface area contributed by atoms with Crippen LogP contribution < -0.4 is 4.74 Å². The molecule has 0 atom stereocenters. The Morgan fingerprint density at radius 3 is 2.15 bits per heavy atom. The number of carboxylic acids is 1. The van der Waals surface area contributed by atoms with Crippen LogP contribution in [0.25, 0.3) is 11.1 Å². The minimum Gasteiger partial charge on any atom is -0.478 e. The molecule has 27 heavy (non-hydrogen) atoms. The van der Waals surface area contributed by atoms with Gasteiger partial charge >= 0.3 is 5.97 Å². The van der Waals surface area contributed by atoms with Gasteiger partial charge in [0.05, 0.1) is 11.1 Å². The zero-order valence-corrected chi connectivity index (χ0v) is 14.7. The predicted octanol–water partition coefficient (Wildman–Crippen LogP) is 4.27. The number of hydrogen-bond donors (Lipinski definition) is 1. The molecule has 0 aliphatic rings. The lowest BCUT2D eigenvalue weighted by molar-refractivity contribution is 0.0503. The second-order valence-corrected chi connectivity index (χ2v) is 5.84. The Morgan fingerprint density at radius 1 is 0.852 bits per heavy atom. The van der Waals surface area contributed by atoms with Crippen molar-refractivity contribution in [3.05, 3.63) is 89.5 Å². The second kappa shape index (κ2) is 8.29. The number of ketones is 1. The third-order valence-corrected chi connectivity index (χ3v) is 4.06. The van der Waals surface area contributed by atoms with E-state index in [1.165, 1.54) is 31.4 Å². The van der Waals surface area contributed by atoms with E-state index in [9.17, 15) is 9.59 Å². The van der Waals surface area contributed by atoms with Gasteiger partial charge in [0.25, 0.3) is 0 Å². The van der Waals surface area contributed by atoms with Gasteiger partial charge in [0, 0.05) is 12.7 Å². The third-order valence-electron chi connectivity index (χ3n) is 4.06. The zero-order chi connectivity index (χ0) is 19.2. The van der Waals surface area contributed by atoms with Crippen molar-refractivity contribution in [2.45, 2.75) is 0 Å². The lowest BCUT2D eigenvalue weighted by Crippen LogP contribution is -2.08. The van der Waals surface area contributed by atoms with Crippen molar-refractivity contribution in [2.75, 3.05) is 13.9 Å². The number of methoxy groups -OCH3 is 1. The van der Waals surface area contributed by atoms with Crippen LogP contribution in [0.5, 0.6) is 5.75 Å². The molecule has 1 N–H and O–H groups in total. The molecule has 0 heterocycles. The molecule has 0 amide bonds. The van der Waals surface area contributed by atoms with Crippen molar-refractivity contribution in [1.29, 1.82) is 0 Å². The van der Waals surface area contributed by atoms with Crippen molar-refractivity contribution in [3.8, 4) is 16.9 Å². The van der Waals surface area contributed by atoms with E-state index < -0.39 is 5.97 Å². The van der Waals surface area contributed by atoms with Crippen LogP contribution in [-0.2, 0) is 4.74 Å². The van der Waals surface area contributed by atoms with Crippen molar-refractivity contribution >= 4 is 11.8 Å². The first-order valence-electron chi connectivity index (χ1n) is 8.29. The van der Waals surface area contributed by atoms with E-state index in [2.05, 4.69) is 0 Å². The second-order valence-electron chi connectivity index (χ2n) is 5.84. The number of carbonyl (C=O) groups excluding carboxylic acids is 1. The highest BCUT2D eigenvalue weighted by atomic mass is 16.7. The third kappa shape index (κ3) is 4.22. The van der Waals surface area contributed by atoms with Gasteiger partial charge in [0.2, 0.25) is 0 Å². The van der Waals surface area contributed by atoms with Crippen LogP contribution >= 0.6 is 0 Å². The molecule has 0 unspecified atom stereocenters. The molecule has 0 fully saturated rings. The highest BCUT2D eigenvalue weighted by molar-refractivity contribution is 6.11. The van der Waals surface area contributed by atoms with Crippen molar-refractivity contribution in [1.82, 2.24) is 0 Å². The summed E-state index contributed by atoms with van der Waals surface area (Å²) in [6.07, 6.45) is 0. The SMILES string of the molecule is COCOc1ccc(-c2ccccc2)cc1C(=O)c1ccc(C(=O)O)cc1. The summed E-state index contributed by atoms with van der Waals surface area (Å²) in [5, 5.41) is 9.02. The van der Waals surface area contributed by atoms with Crippen molar-refractivity contribution < 1.29 is 24.2 Å². The lowest BCUT2D eigenvalue weighted by atomic mass is 9.97. The maximum absolute atomic E-state index is 13.0. The maximum Gasteiger partial charge on any atom is 0.335 e. The van der Waals surface area contributed by atoms with Gasteiger partial charge in [0.1, 0.15) is 5.75 Å². The Morgan fingerprint density at radius 2 is 1.52 bits per heavy atom. The van der Waals surface area contributed by atoms with Crippen molar-refractivity contribution in [2.24, 2.45) is 0 Å². The summed E-state index contributed by atoms with van der Waals surface area (Å²) in [6, 6.07) is 20.9. The maximum atomic E-state index is 13.0. The summed E-state index contributed by atoms with van der Waals surface area (Å²) in [5.74, 6) is -0.885. The first-order chi connectivity index (χ1) is 13.1. The first kappa shape index (κ1) is 18.4. The number of aromatic carboxylic acids is 1. The van der Waals surface area contributed by atoms with Gasteiger partial charge in [-0.1, -0.05) is 48.5 Å². The molecule has 3 rings (SSSR count). The van der Waals surface area contributed by atoms with Gasteiger partial charge in [0.15, 0.2) is 12.6 Å². The fourth-order valence-corrected chi connectivity index (χ4v) is 2.69. The molecule has 0 spiro atoms. The Bertz CT molecular complexity index is 946. The molecule has 0 aliphatic carbocycles. The van der Waals surface area contributed by atoms with E-state index in [0.29, 0.717) is 16.9 Å². The van der Waals surface area contributed by atoms with E-state index in [1.54, 1.807) is 12.1 Å². The molecule has 0 aliphatic heterocycles. The van der Waals surface area contributed by atoms with Crippen LogP contribution in [-0.4, -0.2) is 30.8 Å². The van der Waals surface area contributed by atoms with Gasteiger partial charge in [-0.2, -0.15) is 0 Å². The van der Waals surface area contributed by atoms with E-state index in [1.807, 2.05) is 36.4 Å². The summed E-state index contributed by atoms with van der Waals surface area (Å²) in [4.78, 5) is 24.0. The highest BCUT2D eigenvalue weighted by Crippen LogP contribution is 2.29. The molecule has 0 radical (unpaired) electrons. The number of benzene rings is 3. The predicted molar refractivity (Wildman–Crippen MR) is 101 cm³/mol. The minimum absolute atomic E-state index is 0.0168. The van der Waals surface area contributed by atoms with Gasteiger partial charge in [-0.25, -0.2) is 4.79 Å². The van der Waals surface area contributed by atoms with Crippen LogP contribution in [0.3, 0.4) is 0 Å². The smallest absolute Gasteiger partial charge is 0.335 e. The Balaban J connectivity index is 2.01. The fourth-order valence-electron chi connectivity index (χ4n) is 2.69. The van der Waals surface area contributed by atoms with Gasteiger partial charge in [-0.3, -0.25) is 4.79 Å². The molecule has 3 aromatic carbocycles. The van der Waals surface area contributed by atoms with E-state index >= 15 is 0 Å². The summed E-state index contributed by atoms with van der Waals surface area (Å²) < 4.78 is 10.5. The zero-order valence-electron chi connectivity index (χ0n) is 14.7. The van der Waals surface area contributed by atoms with Gasteiger partial charge < -0.3 is 14.6 Å². The minimum atomic E-state index is -1.04. The molecule has 0 saturated carbocycles. The average molecular weight is 362 g/mol. The molecule has 5 heteroatoms. The molecule has 0 saturated heterocycles. The number of hydrogen-bond acceptors (Lipinski definition) is 4. The Labute approximate surface area is 156 Å². The summed E-state index contributed by atoms with van der Waals surface area (Å²) in [7, 11) is 1.50. The van der Waals surface area contributed by atoms with Crippen LogP contribution in [0.15, 0.2) is 72.8 Å². The number of rotatable bonds is 7. The van der Waals surface area contributed by atoms with Crippen molar-refractivity contribution in [3.63, 3.8) is 0 Å². The highest BCUT2D eigenvalue weighted by Gasteiger charge is 2.17. The van der Waals surface area contributed by atoms with Crippen LogP contribution in [0.1, 0.15) is 26.3 Å². The standard InChI is InChI=1S/C22H18O5/c1-26-14-27-20-12-11-18(15-5-3-2-4-6-15)13-19(20)21(23)16-7-9-17(10-8-16)22(24)25/h2-13H,14H2,1H3,(H,24,25). The molecule has 0 bridgehead atoms. The topological polar surface area (TPSA) is 72.8 Å². The van der Waals surface area contributed by atoms with Crippen LogP contribution in [0.2, 0.25) is 0 Å².